The molecule has 57 valence electrons. The molecule has 0 spiro atoms. The van der Waals surface area contributed by atoms with E-state index >= 15 is 0 Å². The molecule has 0 atom stereocenters. The van der Waals surface area contributed by atoms with Crippen molar-refractivity contribution in [2.24, 2.45) is 5.92 Å². The summed E-state index contributed by atoms with van der Waals surface area (Å²) in [5.74, 6) is 1.70. The summed E-state index contributed by atoms with van der Waals surface area (Å²) in [6, 6.07) is 10.8. The Labute approximate surface area is 67.0 Å². The molecule has 2 rings (SSSR count). The van der Waals surface area contributed by atoms with Gasteiger partial charge < -0.3 is 4.74 Å². The molecule has 1 saturated carbocycles. The lowest BCUT2D eigenvalue weighted by atomic mass is 10.3. The van der Waals surface area contributed by atoms with Crippen LogP contribution in [-0.4, -0.2) is 6.61 Å². The Kier molecular flexibility index (Phi) is 1.80. The first-order valence-electron chi connectivity index (χ1n) is 4.04. The van der Waals surface area contributed by atoms with Gasteiger partial charge in [-0.15, -0.1) is 0 Å². The van der Waals surface area contributed by atoms with Crippen LogP contribution in [0.15, 0.2) is 24.3 Å². The fraction of sp³-hybridized carbons (Fsp3) is 0.400. The SMILES string of the molecule is [c]1ccccc1OCC1CC1. The van der Waals surface area contributed by atoms with Crippen LogP contribution in [0.3, 0.4) is 0 Å². The molecule has 1 nitrogen and oxygen atoms in total. The third-order valence-electron chi connectivity index (χ3n) is 1.85. The van der Waals surface area contributed by atoms with Gasteiger partial charge in [-0.25, -0.2) is 0 Å². The Morgan fingerprint density at radius 1 is 1.45 bits per heavy atom. The van der Waals surface area contributed by atoms with Gasteiger partial charge in [0.1, 0.15) is 5.75 Å². The van der Waals surface area contributed by atoms with Crippen molar-refractivity contribution < 1.29 is 4.74 Å². The molecular formula is C10H11O. The zero-order chi connectivity index (χ0) is 7.52. The van der Waals surface area contributed by atoms with Crippen molar-refractivity contribution in [3.05, 3.63) is 30.3 Å². The van der Waals surface area contributed by atoms with E-state index in [1.165, 1.54) is 12.8 Å². The maximum absolute atomic E-state index is 5.47. The van der Waals surface area contributed by atoms with Gasteiger partial charge in [-0.1, -0.05) is 18.2 Å². The van der Waals surface area contributed by atoms with Crippen molar-refractivity contribution in [2.75, 3.05) is 6.61 Å². The second kappa shape index (κ2) is 2.95. The van der Waals surface area contributed by atoms with Crippen LogP contribution >= 0.6 is 0 Å². The predicted octanol–water partition coefficient (Wildman–Crippen LogP) is 2.28. The van der Waals surface area contributed by atoms with Crippen LogP contribution in [0, 0.1) is 12.0 Å². The number of hydrogen-bond donors (Lipinski definition) is 0. The van der Waals surface area contributed by atoms with Gasteiger partial charge in [0.05, 0.1) is 6.61 Å². The van der Waals surface area contributed by atoms with E-state index in [0.29, 0.717) is 0 Å². The van der Waals surface area contributed by atoms with E-state index < -0.39 is 0 Å². The highest BCUT2D eigenvalue weighted by molar-refractivity contribution is 5.19. The average molecular weight is 147 g/mol. The fourth-order valence-electron chi connectivity index (χ4n) is 0.959. The normalized spacial score (nSPS) is 16.4. The smallest absolute Gasteiger partial charge is 0.127 e. The summed E-state index contributed by atoms with van der Waals surface area (Å²) in [7, 11) is 0. The van der Waals surface area contributed by atoms with Gasteiger partial charge in [0, 0.05) is 6.07 Å². The van der Waals surface area contributed by atoms with Crippen LogP contribution in [0.25, 0.3) is 0 Å². The summed E-state index contributed by atoms with van der Waals surface area (Å²) in [6.45, 7) is 0.876. The van der Waals surface area contributed by atoms with E-state index in [1.807, 2.05) is 24.3 Å². The summed E-state index contributed by atoms with van der Waals surface area (Å²) < 4.78 is 5.47. The Bertz CT molecular complexity index is 214. The van der Waals surface area contributed by atoms with Crippen LogP contribution in [0.5, 0.6) is 5.75 Å². The quantitative estimate of drug-likeness (QED) is 0.637. The van der Waals surface area contributed by atoms with Crippen LogP contribution in [0.4, 0.5) is 0 Å². The first-order valence-corrected chi connectivity index (χ1v) is 4.04. The van der Waals surface area contributed by atoms with Gasteiger partial charge in [0.25, 0.3) is 0 Å². The van der Waals surface area contributed by atoms with Crippen LogP contribution in [0.2, 0.25) is 0 Å². The summed E-state index contributed by atoms with van der Waals surface area (Å²) in [6.07, 6.45) is 2.68. The van der Waals surface area contributed by atoms with Crippen molar-refractivity contribution in [3.8, 4) is 5.75 Å². The minimum Gasteiger partial charge on any atom is -0.493 e. The monoisotopic (exact) mass is 147 g/mol. The molecule has 1 aromatic carbocycles. The third-order valence-corrected chi connectivity index (χ3v) is 1.85. The predicted molar refractivity (Wildman–Crippen MR) is 43.5 cm³/mol. The molecule has 11 heavy (non-hydrogen) atoms. The molecule has 0 aromatic heterocycles. The zero-order valence-corrected chi connectivity index (χ0v) is 6.42. The van der Waals surface area contributed by atoms with Crippen molar-refractivity contribution in [1.82, 2.24) is 0 Å². The number of hydrogen-bond acceptors (Lipinski definition) is 1. The molecular weight excluding hydrogens is 136 g/mol. The molecule has 0 aliphatic heterocycles. The van der Waals surface area contributed by atoms with E-state index in [0.717, 1.165) is 18.3 Å². The second-order valence-corrected chi connectivity index (χ2v) is 2.98. The number of ether oxygens (including phenoxy) is 1. The minimum atomic E-state index is 0.823. The van der Waals surface area contributed by atoms with Crippen LogP contribution < -0.4 is 4.74 Å². The average Bonchev–Trinajstić information content (AvgIpc) is 2.86. The van der Waals surface area contributed by atoms with Gasteiger partial charge in [0.15, 0.2) is 0 Å². The molecule has 0 saturated heterocycles. The number of benzene rings is 1. The summed E-state index contributed by atoms with van der Waals surface area (Å²) in [5, 5.41) is 0. The van der Waals surface area contributed by atoms with Gasteiger partial charge in [-0.3, -0.25) is 0 Å². The molecule has 0 unspecified atom stereocenters. The van der Waals surface area contributed by atoms with Gasteiger partial charge >= 0.3 is 0 Å². The molecule has 1 aliphatic rings. The summed E-state index contributed by atoms with van der Waals surface area (Å²) >= 11 is 0. The van der Waals surface area contributed by atoms with E-state index in [1.54, 1.807) is 0 Å². The Morgan fingerprint density at radius 2 is 2.36 bits per heavy atom. The molecule has 0 N–H and O–H groups in total. The highest BCUT2D eigenvalue weighted by Gasteiger charge is 2.21. The van der Waals surface area contributed by atoms with Gasteiger partial charge in [-0.2, -0.15) is 0 Å². The minimum absolute atomic E-state index is 0.823. The summed E-state index contributed by atoms with van der Waals surface area (Å²) in [5.41, 5.74) is 0. The van der Waals surface area contributed by atoms with E-state index in [-0.39, 0.29) is 0 Å². The standard InChI is InChI=1S/C10H11O/c1-2-4-10(5-3-1)11-8-9-6-7-9/h1-4,9H,6-8H2. The Morgan fingerprint density at radius 3 is 3.00 bits per heavy atom. The lowest BCUT2D eigenvalue weighted by molar-refractivity contribution is 0.299. The molecule has 1 radical (unpaired) electrons. The molecule has 1 fully saturated rings. The maximum Gasteiger partial charge on any atom is 0.127 e. The van der Waals surface area contributed by atoms with E-state index in [9.17, 15) is 0 Å². The molecule has 0 heterocycles. The third kappa shape index (κ3) is 1.97. The molecule has 0 bridgehead atoms. The molecule has 1 heteroatoms. The Hall–Kier alpha value is -0.980. The Balaban J connectivity index is 1.85. The largest absolute Gasteiger partial charge is 0.493 e. The zero-order valence-electron chi connectivity index (χ0n) is 6.42. The highest BCUT2D eigenvalue weighted by atomic mass is 16.5. The lowest BCUT2D eigenvalue weighted by Gasteiger charge is -2.02. The topological polar surface area (TPSA) is 9.23 Å². The second-order valence-electron chi connectivity index (χ2n) is 2.98. The van der Waals surface area contributed by atoms with Crippen LogP contribution in [0.1, 0.15) is 12.8 Å². The first kappa shape index (κ1) is 6.71. The van der Waals surface area contributed by atoms with Gasteiger partial charge in [-0.05, 0) is 24.8 Å². The van der Waals surface area contributed by atoms with Crippen molar-refractivity contribution >= 4 is 0 Å². The fourth-order valence-corrected chi connectivity index (χ4v) is 0.959. The summed E-state index contributed by atoms with van der Waals surface area (Å²) in [4.78, 5) is 0. The number of rotatable bonds is 3. The van der Waals surface area contributed by atoms with Crippen molar-refractivity contribution in [1.29, 1.82) is 0 Å². The van der Waals surface area contributed by atoms with Crippen LogP contribution in [-0.2, 0) is 0 Å². The maximum atomic E-state index is 5.47. The van der Waals surface area contributed by atoms with E-state index in [2.05, 4.69) is 6.07 Å². The van der Waals surface area contributed by atoms with E-state index in [4.69, 9.17) is 4.74 Å². The highest BCUT2D eigenvalue weighted by Crippen LogP contribution is 2.29. The first-order chi connectivity index (χ1) is 5.45. The molecule has 0 amide bonds. The lowest BCUT2D eigenvalue weighted by Crippen LogP contribution is -1.98. The van der Waals surface area contributed by atoms with Crippen molar-refractivity contribution in [3.63, 3.8) is 0 Å². The molecule has 1 aliphatic carbocycles. The van der Waals surface area contributed by atoms with Gasteiger partial charge in [0.2, 0.25) is 0 Å². The number of para-hydroxylation sites is 1. The van der Waals surface area contributed by atoms with Crippen molar-refractivity contribution in [2.45, 2.75) is 12.8 Å². The molecule has 1 aromatic rings.